The molecule has 1 aromatic heterocycles. The predicted molar refractivity (Wildman–Crippen MR) is 48.4 cm³/mol. The molecule has 10 heteroatoms. The monoisotopic (exact) mass is 254 g/mol. The summed E-state index contributed by atoms with van der Waals surface area (Å²) in [6, 6.07) is 0. The molecule has 1 aliphatic heterocycles. The predicted octanol–water partition coefficient (Wildman–Crippen LogP) is 0.372. The molecule has 1 aliphatic rings. The Labute approximate surface area is 85.7 Å². The minimum atomic E-state index is -2.98. The molecule has 1 N–H and O–H groups in total. The van der Waals surface area contributed by atoms with Gasteiger partial charge in [-0.05, 0) is 0 Å². The van der Waals surface area contributed by atoms with Crippen molar-refractivity contribution < 1.29 is 27.6 Å². The van der Waals surface area contributed by atoms with Crippen molar-refractivity contribution in [3.8, 4) is 0 Å². The van der Waals surface area contributed by atoms with Crippen LogP contribution in [0.1, 0.15) is 0 Å². The van der Waals surface area contributed by atoms with Gasteiger partial charge in [-0.15, -0.1) is 0 Å². The lowest BCUT2D eigenvalue weighted by atomic mass is 10.5. The molecule has 0 spiro atoms. The summed E-state index contributed by atoms with van der Waals surface area (Å²) in [5.41, 5.74) is 0. The fourth-order valence-electron chi connectivity index (χ4n) is 1.07. The second-order valence-corrected chi connectivity index (χ2v) is 4.98. The van der Waals surface area contributed by atoms with Crippen molar-refractivity contribution in [2.45, 2.75) is 12.5 Å². The SMILES string of the molecule is O=[PH]1O[PH](=O)OC(O)(Cn2ccnc2)O1. The van der Waals surface area contributed by atoms with Crippen molar-refractivity contribution in [1.82, 2.24) is 9.55 Å². The van der Waals surface area contributed by atoms with E-state index in [2.05, 4.69) is 18.3 Å². The maximum atomic E-state index is 10.9. The van der Waals surface area contributed by atoms with Crippen LogP contribution in [0, 0.1) is 0 Å². The average Bonchev–Trinajstić information content (AvgIpc) is 2.52. The molecule has 1 saturated heterocycles. The Morgan fingerprint density at radius 2 is 2.07 bits per heavy atom. The van der Waals surface area contributed by atoms with Crippen LogP contribution in [0.15, 0.2) is 18.7 Å². The van der Waals surface area contributed by atoms with Crippen LogP contribution in [0.5, 0.6) is 0 Å². The largest absolute Gasteiger partial charge is 0.341 e. The van der Waals surface area contributed by atoms with E-state index in [0.29, 0.717) is 0 Å². The van der Waals surface area contributed by atoms with Crippen molar-refractivity contribution in [2.24, 2.45) is 0 Å². The van der Waals surface area contributed by atoms with E-state index in [0.717, 1.165) is 0 Å². The maximum Gasteiger partial charge on any atom is 0.330 e. The summed E-state index contributed by atoms with van der Waals surface area (Å²) in [7, 11) is -5.95. The van der Waals surface area contributed by atoms with Crippen molar-refractivity contribution >= 4 is 16.5 Å². The third kappa shape index (κ3) is 2.75. The highest BCUT2D eigenvalue weighted by Gasteiger charge is 2.40. The molecular weight excluding hydrogens is 246 g/mol. The second-order valence-electron chi connectivity index (χ2n) is 2.75. The van der Waals surface area contributed by atoms with Crippen LogP contribution in [0.3, 0.4) is 0 Å². The average molecular weight is 254 g/mol. The van der Waals surface area contributed by atoms with Crippen LogP contribution < -0.4 is 0 Å². The molecule has 0 aromatic carbocycles. The molecule has 2 unspecified atom stereocenters. The van der Waals surface area contributed by atoms with Gasteiger partial charge in [-0.2, -0.15) is 0 Å². The van der Waals surface area contributed by atoms with Gasteiger partial charge < -0.3 is 9.67 Å². The third-order valence-electron chi connectivity index (χ3n) is 1.59. The van der Waals surface area contributed by atoms with Crippen LogP contribution in [-0.2, 0) is 29.0 Å². The summed E-state index contributed by atoms with van der Waals surface area (Å²) >= 11 is 0. The maximum absolute atomic E-state index is 10.9. The molecule has 0 bridgehead atoms. The Morgan fingerprint density at radius 3 is 2.60 bits per heavy atom. The Morgan fingerprint density at radius 1 is 1.40 bits per heavy atom. The highest BCUT2D eigenvalue weighted by molar-refractivity contribution is 7.48. The van der Waals surface area contributed by atoms with Gasteiger partial charge in [-0.25, -0.2) is 18.3 Å². The first-order valence-electron chi connectivity index (χ1n) is 3.89. The number of hydrogen-bond donors (Lipinski definition) is 1. The molecule has 2 rings (SSSR count). The number of hydrogen-bond acceptors (Lipinski definition) is 7. The number of aromatic nitrogens is 2. The van der Waals surface area contributed by atoms with Crippen LogP contribution >= 0.6 is 16.5 Å². The quantitative estimate of drug-likeness (QED) is 0.761. The number of nitrogens with zero attached hydrogens (tertiary/aromatic N) is 2. The van der Waals surface area contributed by atoms with E-state index in [4.69, 9.17) is 0 Å². The second kappa shape index (κ2) is 4.17. The lowest BCUT2D eigenvalue weighted by Crippen LogP contribution is -2.37. The Balaban J connectivity index is 2.12. The Hall–Kier alpha value is -0.490. The fourth-order valence-corrected chi connectivity index (χ4v) is 2.76. The molecule has 0 saturated carbocycles. The van der Waals surface area contributed by atoms with E-state index < -0.39 is 22.5 Å². The van der Waals surface area contributed by atoms with E-state index >= 15 is 0 Å². The number of aliphatic hydroxyl groups is 1. The third-order valence-corrected chi connectivity index (χ3v) is 3.90. The molecule has 2 heterocycles. The molecule has 2 atom stereocenters. The van der Waals surface area contributed by atoms with Crippen molar-refractivity contribution in [1.29, 1.82) is 0 Å². The van der Waals surface area contributed by atoms with Gasteiger partial charge in [0.2, 0.25) is 0 Å². The summed E-state index contributed by atoms with van der Waals surface area (Å²) in [5, 5.41) is 9.66. The zero-order chi connectivity index (χ0) is 10.9. The summed E-state index contributed by atoms with van der Waals surface area (Å²) in [5.74, 6) is -2.19. The normalized spacial score (nSPS) is 36.6. The topological polar surface area (TPSA) is 99.9 Å². The fraction of sp³-hybridized carbons (Fsp3) is 0.400. The molecule has 15 heavy (non-hydrogen) atoms. The van der Waals surface area contributed by atoms with E-state index in [1.54, 1.807) is 0 Å². The number of imidazole rings is 1. The molecule has 84 valence electrons. The Kier molecular flexibility index (Phi) is 3.06. The van der Waals surface area contributed by atoms with Gasteiger partial charge in [0.25, 0.3) is 0 Å². The highest BCUT2D eigenvalue weighted by atomic mass is 31.2. The van der Waals surface area contributed by atoms with E-state index in [9.17, 15) is 14.2 Å². The molecule has 1 aromatic rings. The first-order valence-corrected chi connectivity index (χ1v) is 6.34. The van der Waals surface area contributed by atoms with Gasteiger partial charge >= 0.3 is 22.5 Å². The van der Waals surface area contributed by atoms with Gasteiger partial charge in [-0.1, -0.05) is 0 Å². The van der Waals surface area contributed by atoms with Crippen LogP contribution in [0.4, 0.5) is 0 Å². The first-order chi connectivity index (χ1) is 7.07. The van der Waals surface area contributed by atoms with Gasteiger partial charge in [-0.3, -0.25) is 9.13 Å². The molecule has 0 amide bonds. The molecule has 0 radical (unpaired) electrons. The highest BCUT2D eigenvalue weighted by Crippen LogP contribution is 2.51. The summed E-state index contributed by atoms with van der Waals surface area (Å²) in [4.78, 5) is 3.73. The van der Waals surface area contributed by atoms with Crippen molar-refractivity contribution in [2.75, 3.05) is 0 Å². The number of rotatable bonds is 2. The molecule has 0 aliphatic carbocycles. The van der Waals surface area contributed by atoms with Gasteiger partial charge in [0.05, 0.1) is 6.33 Å². The lowest BCUT2D eigenvalue weighted by Gasteiger charge is -2.29. The van der Waals surface area contributed by atoms with Crippen LogP contribution in [0.25, 0.3) is 0 Å². The van der Waals surface area contributed by atoms with Gasteiger partial charge in [0, 0.05) is 12.4 Å². The smallest absolute Gasteiger partial charge is 0.330 e. The minimum absolute atomic E-state index is 0.191. The van der Waals surface area contributed by atoms with E-state index in [1.165, 1.54) is 23.3 Å². The van der Waals surface area contributed by atoms with E-state index in [1.807, 2.05) is 0 Å². The van der Waals surface area contributed by atoms with E-state index in [-0.39, 0.29) is 6.54 Å². The molecular formula is C5H8N2O6P2. The standard InChI is InChI=1S/C5H8N2O6P2/c8-5(3-7-2-1-6-4-7)11-14(9)13-15(10)12-5/h1-2,4,8,14-15H,3H2. The van der Waals surface area contributed by atoms with Crippen LogP contribution in [0.2, 0.25) is 0 Å². The zero-order valence-corrected chi connectivity index (χ0v) is 9.32. The molecule has 8 nitrogen and oxygen atoms in total. The van der Waals surface area contributed by atoms with Crippen molar-refractivity contribution in [3.63, 3.8) is 0 Å². The summed E-state index contributed by atoms with van der Waals surface area (Å²) in [6.07, 6.45) is 4.41. The molecule has 1 fully saturated rings. The van der Waals surface area contributed by atoms with Gasteiger partial charge in [0.15, 0.2) is 0 Å². The van der Waals surface area contributed by atoms with Gasteiger partial charge in [0.1, 0.15) is 6.54 Å². The van der Waals surface area contributed by atoms with Crippen molar-refractivity contribution in [3.05, 3.63) is 18.7 Å². The minimum Gasteiger partial charge on any atom is -0.341 e. The Bertz CT molecular complexity index is 376. The summed E-state index contributed by atoms with van der Waals surface area (Å²) in [6.45, 7) is -0.191. The van der Waals surface area contributed by atoms with Crippen LogP contribution in [-0.4, -0.2) is 20.6 Å². The zero-order valence-electron chi connectivity index (χ0n) is 7.32. The first kappa shape index (κ1) is 11.0. The lowest BCUT2D eigenvalue weighted by molar-refractivity contribution is -0.288. The summed E-state index contributed by atoms with van der Waals surface area (Å²) < 4.78 is 36.6.